The van der Waals surface area contributed by atoms with E-state index >= 15 is 0 Å². The monoisotopic (exact) mass is 345 g/mol. The number of aryl methyl sites for hydroxylation is 1. The molecular weight excluding hydrogens is 322 g/mol. The zero-order chi connectivity index (χ0) is 17.7. The Hall–Kier alpha value is -2.45. The summed E-state index contributed by atoms with van der Waals surface area (Å²) in [6.07, 6.45) is 6.04. The minimum atomic E-state index is 0.0482. The molecule has 1 N–H and O–H groups in total. The number of hydrogen-bond donors (Lipinski definition) is 1. The van der Waals surface area contributed by atoms with Crippen LogP contribution in [0.5, 0.6) is 0 Å². The highest BCUT2D eigenvalue weighted by molar-refractivity contribution is 5.76. The van der Waals surface area contributed by atoms with Crippen molar-refractivity contribution in [3.05, 3.63) is 46.9 Å². The van der Waals surface area contributed by atoms with Crippen LogP contribution in [0.15, 0.2) is 24.5 Å². The summed E-state index contributed by atoms with van der Waals surface area (Å²) >= 11 is 0. The van der Waals surface area contributed by atoms with Crippen LogP contribution >= 0.6 is 0 Å². The molecule has 3 aliphatic rings. The molecule has 0 bridgehead atoms. The third-order valence-electron chi connectivity index (χ3n) is 6.51. The average molecular weight is 345 g/mol. The number of anilines is 2. The summed E-state index contributed by atoms with van der Waals surface area (Å²) in [6.45, 7) is 5.21. The van der Waals surface area contributed by atoms with Crippen LogP contribution in [0.2, 0.25) is 0 Å². The number of nitrogens with zero attached hydrogens (tertiary/aromatic N) is 4. The molecule has 5 nitrogen and oxygen atoms in total. The first-order valence-corrected chi connectivity index (χ1v) is 9.59. The molecule has 1 aliphatic carbocycles. The lowest BCUT2D eigenvalue weighted by molar-refractivity contribution is 0.328. The topological polar surface area (TPSA) is 64.8 Å². The number of aromatic nitrogens is 2. The number of hydrogen-bond acceptors (Lipinski definition) is 5. The highest BCUT2D eigenvalue weighted by Crippen LogP contribution is 2.51. The average Bonchev–Trinajstić information content (AvgIpc) is 3.22. The van der Waals surface area contributed by atoms with Crippen molar-refractivity contribution >= 4 is 11.5 Å². The lowest BCUT2D eigenvalue weighted by atomic mass is 9.73. The number of nitriles is 1. The molecule has 3 heterocycles. The molecule has 26 heavy (non-hydrogen) atoms. The minimum Gasteiger partial charge on any atom is -0.325 e. The molecule has 2 aliphatic heterocycles. The molecule has 132 valence electrons. The van der Waals surface area contributed by atoms with Crippen LogP contribution in [-0.4, -0.2) is 29.6 Å². The van der Waals surface area contributed by atoms with Crippen molar-refractivity contribution in [3.8, 4) is 6.07 Å². The third kappa shape index (κ3) is 2.12. The first-order chi connectivity index (χ1) is 12.7. The van der Waals surface area contributed by atoms with Crippen LogP contribution in [0.25, 0.3) is 0 Å². The van der Waals surface area contributed by atoms with Gasteiger partial charge in [0, 0.05) is 34.5 Å². The summed E-state index contributed by atoms with van der Waals surface area (Å²) in [6, 6.07) is 8.60. The fraction of sp³-hybridized carbons (Fsp3) is 0.476. The Morgan fingerprint density at radius 3 is 2.92 bits per heavy atom. The largest absolute Gasteiger partial charge is 0.325 e. The van der Waals surface area contributed by atoms with Crippen LogP contribution in [0.1, 0.15) is 54.5 Å². The van der Waals surface area contributed by atoms with Gasteiger partial charge in [-0.2, -0.15) is 5.26 Å². The molecule has 2 aromatic rings. The zero-order valence-electron chi connectivity index (χ0n) is 15.1. The van der Waals surface area contributed by atoms with Gasteiger partial charge in [-0.15, -0.1) is 0 Å². The summed E-state index contributed by atoms with van der Waals surface area (Å²) < 4.78 is 0. The quantitative estimate of drug-likeness (QED) is 0.860. The second-order valence-corrected chi connectivity index (χ2v) is 7.93. The van der Waals surface area contributed by atoms with Crippen LogP contribution in [-0.2, 0) is 11.8 Å². The van der Waals surface area contributed by atoms with Gasteiger partial charge in [-0.1, -0.05) is 13.0 Å². The van der Waals surface area contributed by atoms with Gasteiger partial charge in [-0.25, -0.2) is 9.97 Å². The highest BCUT2D eigenvalue weighted by Gasteiger charge is 2.46. The standard InChI is InChI=1S/C21H23N5/c1-14-5-6-16-18(14)20(25-13-24-16)26-12-21(7-9-23-10-8-21)19-15(11-22)3-2-4-17(19)26/h2-4,13-14,23H,5-10,12H2,1H3. The normalized spacial score (nSPS) is 22.9. The van der Waals surface area contributed by atoms with E-state index in [0.29, 0.717) is 5.92 Å². The van der Waals surface area contributed by atoms with Crippen molar-refractivity contribution < 1.29 is 0 Å². The van der Waals surface area contributed by atoms with Gasteiger partial charge < -0.3 is 10.2 Å². The van der Waals surface area contributed by atoms with Crippen molar-refractivity contribution in [3.63, 3.8) is 0 Å². The lowest BCUT2D eigenvalue weighted by Gasteiger charge is -2.35. The molecule has 1 fully saturated rings. The molecule has 5 rings (SSSR count). The van der Waals surface area contributed by atoms with Crippen molar-refractivity contribution in [2.24, 2.45) is 0 Å². The number of fused-ring (bicyclic) bond motifs is 3. The molecule has 5 heteroatoms. The van der Waals surface area contributed by atoms with Crippen LogP contribution < -0.4 is 10.2 Å². The minimum absolute atomic E-state index is 0.0482. The predicted molar refractivity (Wildman–Crippen MR) is 101 cm³/mol. The maximum atomic E-state index is 9.76. The van der Waals surface area contributed by atoms with Gasteiger partial charge in [-0.05, 0) is 56.8 Å². The van der Waals surface area contributed by atoms with E-state index in [4.69, 9.17) is 4.98 Å². The zero-order valence-corrected chi connectivity index (χ0v) is 15.1. The molecular formula is C21H23N5. The van der Waals surface area contributed by atoms with Crippen molar-refractivity contribution in [2.45, 2.75) is 43.9 Å². The van der Waals surface area contributed by atoms with E-state index in [0.717, 1.165) is 56.7 Å². The highest BCUT2D eigenvalue weighted by atomic mass is 15.2. The van der Waals surface area contributed by atoms with Crippen LogP contribution in [0.4, 0.5) is 11.5 Å². The van der Waals surface area contributed by atoms with E-state index in [1.165, 1.54) is 22.5 Å². The van der Waals surface area contributed by atoms with Gasteiger partial charge in [-0.3, -0.25) is 0 Å². The number of benzene rings is 1. The van der Waals surface area contributed by atoms with Crippen LogP contribution in [0, 0.1) is 11.3 Å². The molecule has 1 atom stereocenters. The summed E-state index contributed by atoms with van der Waals surface area (Å²) in [7, 11) is 0. The molecule has 1 aromatic carbocycles. The van der Waals surface area contributed by atoms with E-state index in [1.54, 1.807) is 6.33 Å². The predicted octanol–water partition coefficient (Wildman–Crippen LogP) is 3.17. The van der Waals surface area contributed by atoms with Gasteiger partial charge in [0.15, 0.2) is 0 Å². The summed E-state index contributed by atoms with van der Waals surface area (Å²) in [5.41, 5.74) is 5.80. The Bertz CT molecular complexity index is 907. The van der Waals surface area contributed by atoms with Crippen LogP contribution in [0.3, 0.4) is 0 Å². The summed E-state index contributed by atoms with van der Waals surface area (Å²) in [5, 5.41) is 13.2. The second-order valence-electron chi connectivity index (χ2n) is 7.93. The third-order valence-corrected chi connectivity index (χ3v) is 6.51. The lowest BCUT2D eigenvalue weighted by Crippen LogP contribution is -2.42. The Balaban J connectivity index is 1.70. The van der Waals surface area contributed by atoms with Gasteiger partial charge in [0.1, 0.15) is 12.1 Å². The molecule has 1 saturated heterocycles. The first-order valence-electron chi connectivity index (χ1n) is 9.59. The Labute approximate surface area is 154 Å². The fourth-order valence-electron chi connectivity index (χ4n) is 5.22. The summed E-state index contributed by atoms with van der Waals surface area (Å²) in [5.74, 6) is 1.56. The molecule has 1 spiro atoms. The smallest absolute Gasteiger partial charge is 0.140 e. The first kappa shape index (κ1) is 15.8. The molecule has 0 amide bonds. The fourth-order valence-corrected chi connectivity index (χ4v) is 5.22. The van der Waals surface area contributed by atoms with Gasteiger partial charge in [0.05, 0.1) is 11.6 Å². The molecule has 0 radical (unpaired) electrons. The van der Waals surface area contributed by atoms with Crippen molar-refractivity contribution in [1.82, 2.24) is 15.3 Å². The molecule has 1 unspecified atom stereocenters. The van der Waals surface area contributed by atoms with E-state index in [1.807, 2.05) is 12.1 Å². The Morgan fingerprint density at radius 2 is 2.12 bits per heavy atom. The van der Waals surface area contributed by atoms with Crippen molar-refractivity contribution in [2.75, 3.05) is 24.5 Å². The second kappa shape index (κ2) is 5.78. The Kier molecular flexibility index (Phi) is 3.51. The maximum absolute atomic E-state index is 9.76. The number of rotatable bonds is 1. The van der Waals surface area contributed by atoms with E-state index in [9.17, 15) is 5.26 Å². The Morgan fingerprint density at radius 1 is 1.27 bits per heavy atom. The van der Waals surface area contributed by atoms with Gasteiger partial charge >= 0.3 is 0 Å². The van der Waals surface area contributed by atoms with E-state index < -0.39 is 0 Å². The van der Waals surface area contributed by atoms with E-state index in [-0.39, 0.29) is 5.41 Å². The maximum Gasteiger partial charge on any atom is 0.140 e. The van der Waals surface area contributed by atoms with Gasteiger partial charge in [0.25, 0.3) is 0 Å². The number of piperidine rings is 1. The van der Waals surface area contributed by atoms with Crippen molar-refractivity contribution in [1.29, 1.82) is 5.26 Å². The summed E-state index contributed by atoms with van der Waals surface area (Å²) in [4.78, 5) is 11.6. The molecule has 0 saturated carbocycles. The molecule has 1 aromatic heterocycles. The van der Waals surface area contributed by atoms with E-state index in [2.05, 4.69) is 34.3 Å². The number of nitrogens with one attached hydrogen (secondary N) is 1. The SMILES string of the molecule is CC1CCc2ncnc(N3CC4(CCNCC4)c4c(C#N)cccc43)c21. The van der Waals surface area contributed by atoms with Gasteiger partial charge in [0.2, 0.25) is 0 Å².